The summed E-state index contributed by atoms with van der Waals surface area (Å²) in [4.78, 5) is 9.85. The molecule has 0 fully saturated rings. The molecule has 0 radical (unpaired) electrons. The Balaban J connectivity index is 3.23. The molecule has 0 unspecified atom stereocenters. The van der Waals surface area contributed by atoms with Crippen molar-refractivity contribution in [1.82, 2.24) is 0 Å². The molecule has 0 aliphatic heterocycles. The van der Waals surface area contributed by atoms with Crippen LogP contribution < -0.4 is 0 Å². The van der Waals surface area contributed by atoms with Gasteiger partial charge in [0.15, 0.2) is 0 Å². The van der Waals surface area contributed by atoms with E-state index in [1.165, 1.54) is 13.7 Å². The van der Waals surface area contributed by atoms with Crippen molar-refractivity contribution in [3.05, 3.63) is 0 Å². The predicted octanol–water partition coefficient (Wildman–Crippen LogP) is 0.515. The first-order valence-corrected chi connectivity index (χ1v) is 1.97. The summed E-state index contributed by atoms with van der Waals surface area (Å²) >= 11 is 0. The van der Waals surface area contributed by atoms with Crippen LogP contribution in [-0.2, 0) is 4.74 Å². The summed E-state index contributed by atoms with van der Waals surface area (Å²) in [6.07, 6.45) is 0. The van der Waals surface area contributed by atoms with E-state index in [0.717, 1.165) is 0 Å². The summed E-state index contributed by atoms with van der Waals surface area (Å²) in [5.41, 5.74) is 0. The first kappa shape index (κ1) is 5.83. The first-order valence-electron chi connectivity index (χ1n) is 1.39. The fraction of sp³-hybridized carbons (Fsp3) is 0.500. The maximum absolute atomic E-state index is 9.85. The van der Waals surface area contributed by atoms with Gasteiger partial charge in [-0.3, -0.25) is 0 Å². The van der Waals surface area contributed by atoms with Gasteiger partial charge in [0.05, 0.1) is 0 Å². The Hall–Kier alpha value is -0.165. The van der Waals surface area contributed by atoms with Crippen LogP contribution in [0.4, 0.5) is 4.79 Å². The van der Waals surface area contributed by atoms with Crippen LogP contribution in [0.3, 0.4) is 0 Å². The summed E-state index contributed by atoms with van der Waals surface area (Å²) < 4.78 is 4.16. The van der Waals surface area contributed by atoms with E-state index in [4.69, 9.17) is 0 Å². The molecule has 6 heavy (non-hydrogen) atoms. The second-order valence-electron chi connectivity index (χ2n) is 0.667. The van der Waals surface area contributed by atoms with E-state index >= 15 is 0 Å². The monoisotopic (exact) mass is 102 g/mol. The SMILES string of the molecule is COC(=O)B=P. The second kappa shape index (κ2) is 3.04. The van der Waals surface area contributed by atoms with Crippen molar-refractivity contribution >= 4 is 21.2 Å². The number of hydrogen-bond donors (Lipinski definition) is 0. The number of carbonyl (C=O) groups is 1. The van der Waals surface area contributed by atoms with Gasteiger partial charge in [0.25, 0.3) is 0 Å². The van der Waals surface area contributed by atoms with Crippen molar-refractivity contribution in [2.24, 2.45) is 0 Å². The van der Waals surface area contributed by atoms with Gasteiger partial charge in [-0.15, -0.1) is 0 Å². The van der Waals surface area contributed by atoms with Gasteiger partial charge in [0.1, 0.15) is 0 Å². The Kier molecular flexibility index (Phi) is 2.96. The summed E-state index contributed by atoms with van der Waals surface area (Å²) in [6, 6.07) is 0. The number of ether oxygens (including phenoxy) is 1. The molecule has 0 N–H and O–H groups in total. The van der Waals surface area contributed by atoms with Gasteiger partial charge in [0, 0.05) is 0 Å². The van der Waals surface area contributed by atoms with Crippen molar-refractivity contribution in [2.75, 3.05) is 7.11 Å². The van der Waals surface area contributed by atoms with E-state index < -0.39 is 0 Å². The minimum atomic E-state index is -0.369. The van der Waals surface area contributed by atoms with Crippen molar-refractivity contribution < 1.29 is 9.53 Å². The van der Waals surface area contributed by atoms with Gasteiger partial charge < -0.3 is 0 Å². The van der Waals surface area contributed by atoms with Crippen LogP contribution in [0, 0.1) is 0 Å². The topological polar surface area (TPSA) is 26.3 Å². The van der Waals surface area contributed by atoms with Gasteiger partial charge in [-0.05, 0) is 0 Å². The molecule has 0 bridgehead atoms. The molecular formula is C2H4BO2P. The number of methoxy groups -OCH3 is 1. The summed E-state index contributed by atoms with van der Waals surface area (Å²) in [7, 11) is 4.14. The minimum absolute atomic E-state index is 0.369. The molecule has 0 spiro atoms. The normalized spacial score (nSPS) is 6.17. The fourth-order valence-electron chi connectivity index (χ4n) is 0.0589. The average molecular weight is 102 g/mol. The molecule has 0 saturated carbocycles. The van der Waals surface area contributed by atoms with Crippen LogP contribution >= 0.6 is 8.73 Å². The van der Waals surface area contributed by atoms with Gasteiger partial charge in [0.2, 0.25) is 0 Å². The second-order valence-corrected chi connectivity index (χ2v) is 0.956. The predicted molar refractivity (Wildman–Crippen MR) is 26.5 cm³/mol. The molecule has 0 amide bonds. The van der Waals surface area contributed by atoms with Crippen LogP contribution in [0.15, 0.2) is 0 Å². The van der Waals surface area contributed by atoms with Crippen molar-refractivity contribution in [1.29, 1.82) is 0 Å². The quantitative estimate of drug-likeness (QED) is 0.356. The zero-order valence-corrected chi connectivity index (χ0v) is 4.39. The van der Waals surface area contributed by atoms with E-state index in [1.54, 1.807) is 0 Å². The van der Waals surface area contributed by atoms with Gasteiger partial charge in [-0.1, -0.05) is 0 Å². The molecule has 4 heteroatoms. The molecule has 0 aromatic carbocycles. The van der Waals surface area contributed by atoms with Crippen LogP contribution in [0.1, 0.15) is 0 Å². The third-order valence-electron chi connectivity index (χ3n) is 0.319. The molecular weight excluding hydrogens is 97.8 g/mol. The molecule has 32 valence electrons. The molecule has 0 aliphatic rings. The van der Waals surface area contributed by atoms with Crippen molar-refractivity contribution in [3.63, 3.8) is 0 Å². The molecule has 0 heterocycles. The molecule has 2 nitrogen and oxygen atoms in total. The zero-order chi connectivity index (χ0) is 4.99. The molecule has 0 aromatic rings. The zero-order valence-electron chi connectivity index (χ0n) is 3.39. The molecule has 0 saturated heterocycles. The molecule has 0 rings (SSSR count). The maximum atomic E-state index is 9.85. The van der Waals surface area contributed by atoms with Crippen molar-refractivity contribution in [3.8, 4) is 0 Å². The fourth-order valence-corrected chi connectivity index (χ4v) is 0.177. The Morgan fingerprint density at radius 3 is 2.50 bits per heavy atom. The number of carbonyl (C=O) groups excluding carboxylic acids is 1. The third-order valence-corrected chi connectivity index (χ3v) is 0.555. The van der Waals surface area contributed by atoms with E-state index in [9.17, 15) is 4.79 Å². The standard InChI is InChI=1S/C2H4BO2P/c1-5-2(4)3-6/h6H,1H3. The van der Waals surface area contributed by atoms with Gasteiger partial charge in [-0.25, -0.2) is 0 Å². The summed E-state index contributed by atoms with van der Waals surface area (Å²) in [6.45, 7) is 1.17. The van der Waals surface area contributed by atoms with E-state index in [1.807, 2.05) is 0 Å². The Morgan fingerprint density at radius 2 is 2.50 bits per heavy atom. The van der Waals surface area contributed by atoms with Crippen LogP contribution in [0.2, 0.25) is 0 Å². The number of hydrogen-bond acceptors (Lipinski definition) is 2. The molecule has 0 aromatic heterocycles. The Morgan fingerprint density at radius 1 is 2.00 bits per heavy atom. The van der Waals surface area contributed by atoms with Crippen LogP contribution in [-0.4, -0.2) is 19.6 Å². The van der Waals surface area contributed by atoms with Crippen LogP contribution in [0.25, 0.3) is 0 Å². The Labute approximate surface area is 38.9 Å². The van der Waals surface area contributed by atoms with Crippen LogP contribution in [0.5, 0.6) is 0 Å². The average Bonchev–Trinajstić information content (AvgIpc) is 1.65. The third kappa shape index (κ3) is 2.10. The molecule has 0 aliphatic carbocycles. The summed E-state index contributed by atoms with van der Waals surface area (Å²) in [5.74, 6) is -0.369. The Bertz CT molecular complexity index is 71.9. The number of rotatable bonds is 1. The van der Waals surface area contributed by atoms with E-state index in [2.05, 4.69) is 13.5 Å². The first-order chi connectivity index (χ1) is 2.81. The van der Waals surface area contributed by atoms with Gasteiger partial charge in [-0.2, -0.15) is 0 Å². The van der Waals surface area contributed by atoms with E-state index in [0.29, 0.717) is 0 Å². The van der Waals surface area contributed by atoms with Gasteiger partial charge >= 0.3 is 37.9 Å². The summed E-state index contributed by atoms with van der Waals surface area (Å²) in [5, 5.41) is 0. The van der Waals surface area contributed by atoms with E-state index in [-0.39, 0.29) is 5.87 Å². The van der Waals surface area contributed by atoms with Crippen molar-refractivity contribution in [2.45, 2.75) is 0 Å². The molecule has 0 atom stereocenters.